The summed E-state index contributed by atoms with van der Waals surface area (Å²) in [5.74, 6) is 0.642. The van der Waals surface area contributed by atoms with Crippen LogP contribution in [0, 0.1) is 5.41 Å². The largest absolute Gasteiger partial charge is 0.492 e. The second-order valence-corrected chi connectivity index (χ2v) is 5.32. The molecule has 4 heteroatoms. The number of carbonyl (C=O) groups excluding carboxylic acids is 2. The fourth-order valence-electron chi connectivity index (χ4n) is 1.56. The van der Waals surface area contributed by atoms with Crippen molar-refractivity contribution >= 4 is 11.8 Å². The molecule has 0 saturated carbocycles. The van der Waals surface area contributed by atoms with E-state index in [-0.39, 0.29) is 11.8 Å². The van der Waals surface area contributed by atoms with Crippen LogP contribution in [0.25, 0.3) is 0 Å². The number of hydrogen-bond acceptors (Lipinski definition) is 4. The molecule has 1 aliphatic rings. The van der Waals surface area contributed by atoms with Crippen molar-refractivity contribution in [2.45, 2.75) is 27.2 Å². The van der Waals surface area contributed by atoms with E-state index in [2.05, 4.69) is 0 Å². The number of hydrogen-bond donors (Lipinski definition) is 0. The molecule has 1 aromatic rings. The summed E-state index contributed by atoms with van der Waals surface area (Å²) in [7, 11) is 0. The zero-order valence-electron chi connectivity index (χ0n) is 10.8. The Morgan fingerprint density at radius 2 is 2.06 bits per heavy atom. The maximum atomic E-state index is 11.7. The predicted molar refractivity (Wildman–Crippen MR) is 66.0 cm³/mol. The molecule has 0 atom stereocenters. The van der Waals surface area contributed by atoms with Gasteiger partial charge in [0.2, 0.25) is 0 Å². The van der Waals surface area contributed by atoms with Crippen LogP contribution in [-0.4, -0.2) is 18.4 Å². The number of carbonyl (C=O) groups is 2. The van der Waals surface area contributed by atoms with Gasteiger partial charge in [0.05, 0.1) is 17.6 Å². The molecule has 0 aromatic heterocycles. The van der Waals surface area contributed by atoms with E-state index in [9.17, 15) is 9.59 Å². The zero-order valence-corrected chi connectivity index (χ0v) is 10.8. The van der Waals surface area contributed by atoms with Gasteiger partial charge in [0.1, 0.15) is 11.5 Å². The SMILES string of the molecule is CC(C)(C)C(=O)Oc1ccc2c(c1)OCCC2=O. The van der Waals surface area contributed by atoms with Gasteiger partial charge in [-0.2, -0.15) is 0 Å². The molecule has 0 radical (unpaired) electrons. The van der Waals surface area contributed by atoms with Crippen molar-refractivity contribution in [2.24, 2.45) is 5.41 Å². The van der Waals surface area contributed by atoms with Gasteiger partial charge in [-0.15, -0.1) is 0 Å². The summed E-state index contributed by atoms with van der Waals surface area (Å²) in [6.45, 7) is 5.73. The molecule has 18 heavy (non-hydrogen) atoms. The maximum Gasteiger partial charge on any atom is 0.316 e. The summed E-state index contributed by atoms with van der Waals surface area (Å²) in [5, 5.41) is 0. The Labute approximate surface area is 106 Å². The first-order valence-corrected chi connectivity index (χ1v) is 5.90. The minimum absolute atomic E-state index is 0.0601. The first-order valence-electron chi connectivity index (χ1n) is 5.90. The number of Topliss-reactive ketones (excluding diaryl/α,β-unsaturated/α-hetero) is 1. The highest BCUT2D eigenvalue weighted by atomic mass is 16.5. The van der Waals surface area contributed by atoms with Crippen molar-refractivity contribution in [3.8, 4) is 11.5 Å². The van der Waals surface area contributed by atoms with Gasteiger partial charge in [-0.3, -0.25) is 9.59 Å². The maximum absolute atomic E-state index is 11.7. The first kappa shape index (κ1) is 12.6. The highest BCUT2D eigenvalue weighted by molar-refractivity contribution is 5.99. The van der Waals surface area contributed by atoms with Gasteiger partial charge in [-0.1, -0.05) is 0 Å². The lowest BCUT2D eigenvalue weighted by Gasteiger charge is -2.19. The third-order valence-corrected chi connectivity index (χ3v) is 2.66. The Bertz CT molecular complexity index is 497. The Kier molecular flexibility index (Phi) is 3.11. The molecule has 0 fully saturated rings. The number of ketones is 1. The summed E-state index contributed by atoms with van der Waals surface area (Å²) in [5.41, 5.74) is -0.0103. The Balaban J connectivity index is 2.22. The highest BCUT2D eigenvalue weighted by Gasteiger charge is 2.25. The number of ether oxygens (including phenoxy) is 2. The van der Waals surface area contributed by atoms with Crippen molar-refractivity contribution in [1.82, 2.24) is 0 Å². The van der Waals surface area contributed by atoms with E-state index in [0.29, 0.717) is 30.1 Å². The number of fused-ring (bicyclic) bond motifs is 1. The molecule has 2 rings (SSSR count). The fraction of sp³-hybridized carbons (Fsp3) is 0.429. The van der Waals surface area contributed by atoms with Gasteiger partial charge >= 0.3 is 5.97 Å². The first-order chi connectivity index (χ1) is 8.38. The zero-order chi connectivity index (χ0) is 13.3. The van der Waals surface area contributed by atoms with Crippen LogP contribution in [0.5, 0.6) is 11.5 Å². The van der Waals surface area contributed by atoms with Crippen LogP contribution in [0.4, 0.5) is 0 Å². The van der Waals surface area contributed by atoms with Gasteiger partial charge in [-0.05, 0) is 32.9 Å². The lowest BCUT2D eigenvalue weighted by Crippen LogP contribution is -2.25. The second-order valence-electron chi connectivity index (χ2n) is 5.32. The van der Waals surface area contributed by atoms with Crippen LogP contribution < -0.4 is 9.47 Å². The Morgan fingerprint density at radius 3 is 2.72 bits per heavy atom. The molecule has 4 nitrogen and oxygen atoms in total. The predicted octanol–water partition coefficient (Wildman–Crippen LogP) is 2.60. The molecule has 0 spiro atoms. The Morgan fingerprint density at radius 1 is 1.33 bits per heavy atom. The molecular weight excluding hydrogens is 232 g/mol. The van der Waals surface area contributed by atoms with Gasteiger partial charge in [0.15, 0.2) is 5.78 Å². The smallest absolute Gasteiger partial charge is 0.316 e. The van der Waals surface area contributed by atoms with Gasteiger partial charge in [-0.25, -0.2) is 0 Å². The molecule has 96 valence electrons. The van der Waals surface area contributed by atoms with Crippen molar-refractivity contribution < 1.29 is 19.1 Å². The van der Waals surface area contributed by atoms with Gasteiger partial charge in [0.25, 0.3) is 0 Å². The van der Waals surface area contributed by atoms with E-state index in [1.165, 1.54) is 0 Å². The summed E-state index contributed by atoms with van der Waals surface area (Å²) in [6, 6.07) is 4.85. The van der Waals surface area contributed by atoms with Crippen molar-refractivity contribution in [1.29, 1.82) is 0 Å². The molecular formula is C14H16O4. The van der Waals surface area contributed by atoms with Crippen molar-refractivity contribution in [3.05, 3.63) is 23.8 Å². The van der Waals surface area contributed by atoms with Crippen LogP contribution in [-0.2, 0) is 4.79 Å². The van der Waals surface area contributed by atoms with Crippen molar-refractivity contribution in [2.75, 3.05) is 6.61 Å². The third-order valence-electron chi connectivity index (χ3n) is 2.66. The summed E-state index contributed by atoms with van der Waals surface area (Å²) in [4.78, 5) is 23.3. The molecule has 1 aliphatic heterocycles. The molecule has 0 unspecified atom stereocenters. The minimum Gasteiger partial charge on any atom is -0.492 e. The van der Waals surface area contributed by atoms with E-state index in [1.54, 1.807) is 39.0 Å². The second kappa shape index (κ2) is 4.44. The number of esters is 1. The number of benzene rings is 1. The molecule has 1 heterocycles. The van der Waals surface area contributed by atoms with Crippen molar-refractivity contribution in [3.63, 3.8) is 0 Å². The third kappa shape index (κ3) is 2.53. The summed E-state index contributed by atoms with van der Waals surface area (Å²) in [6.07, 6.45) is 0.397. The number of rotatable bonds is 1. The van der Waals surface area contributed by atoms with Crippen LogP contribution in [0.15, 0.2) is 18.2 Å². The van der Waals surface area contributed by atoms with E-state index < -0.39 is 5.41 Å². The quantitative estimate of drug-likeness (QED) is 0.566. The van der Waals surface area contributed by atoms with E-state index >= 15 is 0 Å². The molecule has 0 aliphatic carbocycles. The highest BCUT2D eigenvalue weighted by Crippen LogP contribution is 2.30. The summed E-state index contributed by atoms with van der Waals surface area (Å²) >= 11 is 0. The van der Waals surface area contributed by atoms with Crippen LogP contribution >= 0.6 is 0 Å². The lowest BCUT2D eigenvalue weighted by molar-refractivity contribution is -0.143. The lowest BCUT2D eigenvalue weighted by atomic mass is 9.97. The Hall–Kier alpha value is -1.84. The molecule has 0 bridgehead atoms. The van der Waals surface area contributed by atoms with Crippen LogP contribution in [0.1, 0.15) is 37.6 Å². The average molecular weight is 248 g/mol. The molecule has 0 saturated heterocycles. The molecule has 1 aromatic carbocycles. The van der Waals surface area contributed by atoms with Gasteiger partial charge < -0.3 is 9.47 Å². The molecule has 0 amide bonds. The van der Waals surface area contributed by atoms with E-state index in [4.69, 9.17) is 9.47 Å². The molecule has 0 N–H and O–H groups in total. The standard InChI is InChI=1S/C14H16O4/c1-14(2,3)13(16)18-9-4-5-10-11(15)6-7-17-12(10)8-9/h4-5,8H,6-7H2,1-3H3. The minimum atomic E-state index is -0.563. The monoisotopic (exact) mass is 248 g/mol. The van der Waals surface area contributed by atoms with Crippen LogP contribution in [0.3, 0.4) is 0 Å². The average Bonchev–Trinajstić information content (AvgIpc) is 2.28. The van der Waals surface area contributed by atoms with E-state index in [0.717, 1.165) is 0 Å². The van der Waals surface area contributed by atoms with E-state index in [1.807, 2.05) is 0 Å². The van der Waals surface area contributed by atoms with Gasteiger partial charge in [0, 0.05) is 12.5 Å². The topological polar surface area (TPSA) is 52.6 Å². The summed E-state index contributed by atoms with van der Waals surface area (Å²) < 4.78 is 10.6. The fourth-order valence-corrected chi connectivity index (χ4v) is 1.56. The normalized spacial score (nSPS) is 14.7. The van der Waals surface area contributed by atoms with Crippen LogP contribution in [0.2, 0.25) is 0 Å².